The summed E-state index contributed by atoms with van der Waals surface area (Å²) in [6.45, 7) is 5.04. The Morgan fingerprint density at radius 1 is 0.968 bits per heavy atom. The lowest BCUT2D eigenvalue weighted by molar-refractivity contribution is -0.132. The van der Waals surface area contributed by atoms with Crippen LogP contribution in [0.5, 0.6) is 5.75 Å². The van der Waals surface area contributed by atoms with E-state index in [0.29, 0.717) is 12.5 Å². The van der Waals surface area contributed by atoms with Gasteiger partial charge in [0.15, 0.2) is 0 Å². The Labute approximate surface area is 185 Å². The summed E-state index contributed by atoms with van der Waals surface area (Å²) in [4.78, 5) is 30.6. The van der Waals surface area contributed by atoms with Gasteiger partial charge in [0.1, 0.15) is 5.75 Å². The van der Waals surface area contributed by atoms with Crippen molar-refractivity contribution in [2.75, 3.05) is 11.4 Å². The zero-order chi connectivity index (χ0) is 21.8. The number of piperidine rings is 1. The molecule has 3 aliphatic rings. The summed E-state index contributed by atoms with van der Waals surface area (Å²) in [5.41, 5.74) is 0.949. The molecule has 0 radical (unpaired) electrons. The third kappa shape index (κ3) is 5.12. The first-order valence-electron chi connectivity index (χ1n) is 11.5. The van der Waals surface area contributed by atoms with Crippen molar-refractivity contribution in [1.29, 1.82) is 0 Å². The fraction of sp³-hybridized carbons (Fsp3) is 0.520. The van der Waals surface area contributed by atoms with Crippen LogP contribution in [0.15, 0.2) is 49.1 Å². The standard InChI is InChI=1S/C25H33N3O3/c1-19(2)26-15-17-27(18-16-26)25(30)20-6-10-22(11-7-20)31-23-12-8-21(9-13-23)28-14-4-3-5-24(28)29/h8-9,12-13,15-20,22H,3-7,10-11,14H2,1-2H3. The normalized spacial score (nSPS) is 24.1. The SMILES string of the molecule is CC(C)N1C=CN(C(=O)C2CCC(Oc3ccc(N4CCCCC4=O)cc3)CC2)C=C1. The molecule has 2 heterocycles. The van der Waals surface area contributed by atoms with Gasteiger partial charge in [0.25, 0.3) is 0 Å². The Kier molecular flexibility index (Phi) is 6.64. The van der Waals surface area contributed by atoms with Crippen molar-refractivity contribution in [2.24, 2.45) is 5.92 Å². The van der Waals surface area contributed by atoms with Crippen molar-refractivity contribution in [3.05, 3.63) is 49.1 Å². The summed E-state index contributed by atoms with van der Waals surface area (Å²) >= 11 is 0. The van der Waals surface area contributed by atoms with Crippen molar-refractivity contribution in [2.45, 2.75) is 70.9 Å². The Morgan fingerprint density at radius 3 is 2.26 bits per heavy atom. The number of benzene rings is 1. The van der Waals surface area contributed by atoms with E-state index in [0.717, 1.165) is 56.5 Å². The molecule has 0 aromatic heterocycles. The number of hydrogen-bond donors (Lipinski definition) is 0. The molecule has 2 amide bonds. The van der Waals surface area contributed by atoms with Gasteiger partial charge in [0.2, 0.25) is 11.8 Å². The fourth-order valence-corrected chi connectivity index (χ4v) is 4.50. The maximum absolute atomic E-state index is 12.8. The number of rotatable bonds is 5. The predicted molar refractivity (Wildman–Crippen MR) is 121 cm³/mol. The largest absolute Gasteiger partial charge is 0.490 e. The number of carbonyl (C=O) groups is 2. The average molecular weight is 424 g/mol. The van der Waals surface area contributed by atoms with E-state index >= 15 is 0 Å². The van der Waals surface area contributed by atoms with E-state index in [-0.39, 0.29) is 23.8 Å². The molecule has 2 aliphatic heterocycles. The van der Waals surface area contributed by atoms with Gasteiger partial charge in [0, 0.05) is 55.4 Å². The molecule has 2 fully saturated rings. The molecule has 1 aliphatic carbocycles. The molecular weight excluding hydrogens is 390 g/mol. The van der Waals surface area contributed by atoms with E-state index in [9.17, 15) is 9.59 Å². The van der Waals surface area contributed by atoms with Crippen LogP contribution in [0, 0.1) is 5.92 Å². The van der Waals surface area contributed by atoms with Crippen molar-refractivity contribution < 1.29 is 14.3 Å². The first-order chi connectivity index (χ1) is 15.0. The topological polar surface area (TPSA) is 53.1 Å². The van der Waals surface area contributed by atoms with Crippen LogP contribution in [0.3, 0.4) is 0 Å². The minimum absolute atomic E-state index is 0.0484. The van der Waals surface area contributed by atoms with Crippen LogP contribution < -0.4 is 9.64 Å². The molecule has 166 valence electrons. The second-order valence-corrected chi connectivity index (χ2v) is 8.97. The van der Waals surface area contributed by atoms with Gasteiger partial charge in [-0.2, -0.15) is 0 Å². The molecule has 6 heteroatoms. The van der Waals surface area contributed by atoms with Crippen LogP contribution >= 0.6 is 0 Å². The summed E-state index contributed by atoms with van der Waals surface area (Å²) in [5, 5.41) is 0. The highest BCUT2D eigenvalue weighted by Gasteiger charge is 2.30. The Balaban J connectivity index is 1.26. The van der Waals surface area contributed by atoms with E-state index in [1.54, 1.807) is 4.90 Å². The number of ether oxygens (including phenoxy) is 1. The number of amides is 2. The minimum Gasteiger partial charge on any atom is -0.490 e. The number of hydrogen-bond acceptors (Lipinski definition) is 4. The van der Waals surface area contributed by atoms with Gasteiger partial charge in [-0.3, -0.25) is 14.5 Å². The summed E-state index contributed by atoms with van der Waals surface area (Å²) in [6, 6.07) is 8.25. The Bertz CT molecular complexity index is 824. The van der Waals surface area contributed by atoms with E-state index in [1.807, 2.05) is 54.0 Å². The zero-order valence-corrected chi connectivity index (χ0v) is 18.6. The van der Waals surface area contributed by atoms with E-state index in [2.05, 4.69) is 18.7 Å². The van der Waals surface area contributed by atoms with E-state index < -0.39 is 0 Å². The van der Waals surface area contributed by atoms with Gasteiger partial charge in [-0.1, -0.05) is 0 Å². The molecule has 1 aromatic rings. The molecule has 1 saturated carbocycles. The minimum atomic E-state index is 0.0484. The lowest BCUT2D eigenvalue weighted by atomic mass is 9.86. The molecule has 0 bridgehead atoms. The third-order valence-corrected chi connectivity index (χ3v) is 6.45. The van der Waals surface area contributed by atoms with Crippen LogP contribution in [0.4, 0.5) is 5.69 Å². The van der Waals surface area contributed by atoms with Crippen LogP contribution in [0.1, 0.15) is 58.8 Å². The monoisotopic (exact) mass is 423 g/mol. The molecule has 0 atom stereocenters. The highest BCUT2D eigenvalue weighted by Crippen LogP contribution is 2.31. The highest BCUT2D eigenvalue weighted by atomic mass is 16.5. The quantitative estimate of drug-likeness (QED) is 0.693. The smallest absolute Gasteiger partial charge is 0.233 e. The first kappa shape index (κ1) is 21.5. The molecule has 6 nitrogen and oxygen atoms in total. The Morgan fingerprint density at radius 2 is 1.65 bits per heavy atom. The Hall–Kier alpha value is -2.76. The van der Waals surface area contributed by atoms with Crippen LogP contribution in [0.2, 0.25) is 0 Å². The molecule has 4 rings (SSSR count). The lowest BCUT2D eigenvalue weighted by Gasteiger charge is -2.32. The summed E-state index contributed by atoms with van der Waals surface area (Å²) in [5.74, 6) is 1.26. The van der Waals surface area contributed by atoms with E-state index in [4.69, 9.17) is 4.74 Å². The van der Waals surface area contributed by atoms with Gasteiger partial charge in [-0.25, -0.2) is 0 Å². The van der Waals surface area contributed by atoms with Crippen LogP contribution in [0.25, 0.3) is 0 Å². The highest BCUT2D eigenvalue weighted by molar-refractivity contribution is 5.94. The number of nitrogens with zero attached hydrogens (tertiary/aromatic N) is 3. The van der Waals surface area contributed by atoms with Crippen LogP contribution in [-0.2, 0) is 9.59 Å². The summed E-state index contributed by atoms with van der Waals surface area (Å²) in [6.07, 6.45) is 13.9. The maximum Gasteiger partial charge on any atom is 0.233 e. The second kappa shape index (κ2) is 9.58. The first-order valence-corrected chi connectivity index (χ1v) is 11.5. The van der Waals surface area contributed by atoms with Gasteiger partial charge in [0.05, 0.1) is 6.10 Å². The number of carbonyl (C=O) groups excluding carboxylic acids is 2. The lowest BCUT2D eigenvalue weighted by Crippen LogP contribution is -2.36. The van der Waals surface area contributed by atoms with Crippen molar-refractivity contribution in [3.8, 4) is 5.75 Å². The average Bonchev–Trinajstić information content (AvgIpc) is 2.80. The molecule has 0 spiro atoms. The van der Waals surface area contributed by atoms with Gasteiger partial charge in [-0.15, -0.1) is 0 Å². The maximum atomic E-state index is 12.8. The molecule has 0 unspecified atom stereocenters. The van der Waals surface area contributed by atoms with E-state index in [1.165, 1.54) is 0 Å². The molecule has 31 heavy (non-hydrogen) atoms. The van der Waals surface area contributed by atoms with Crippen molar-refractivity contribution >= 4 is 17.5 Å². The number of anilines is 1. The summed E-state index contributed by atoms with van der Waals surface area (Å²) < 4.78 is 6.18. The molecular formula is C25H33N3O3. The molecule has 0 N–H and O–H groups in total. The van der Waals surface area contributed by atoms with Crippen LogP contribution in [-0.4, -0.2) is 40.3 Å². The summed E-state index contributed by atoms with van der Waals surface area (Å²) in [7, 11) is 0. The van der Waals surface area contributed by atoms with Gasteiger partial charge < -0.3 is 14.5 Å². The van der Waals surface area contributed by atoms with Crippen molar-refractivity contribution in [3.63, 3.8) is 0 Å². The fourth-order valence-electron chi connectivity index (χ4n) is 4.50. The third-order valence-electron chi connectivity index (χ3n) is 6.45. The van der Waals surface area contributed by atoms with Crippen molar-refractivity contribution in [1.82, 2.24) is 9.80 Å². The molecule has 1 saturated heterocycles. The van der Waals surface area contributed by atoms with Gasteiger partial charge >= 0.3 is 0 Å². The second-order valence-electron chi connectivity index (χ2n) is 8.97. The predicted octanol–water partition coefficient (Wildman–Crippen LogP) is 4.64. The molecule has 1 aromatic carbocycles. The zero-order valence-electron chi connectivity index (χ0n) is 18.6. The van der Waals surface area contributed by atoms with Gasteiger partial charge in [-0.05, 0) is 76.6 Å².